The van der Waals surface area contributed by atoms with E-state index in [2.05, 4.69) is 4.39 Å². The van der Waals surface area contributed by atoms with Crippen LogP contribution in [0, 0.1) is 0 Å². The van der Waals surface area contributed by atoms with Gasteiger partial charge in [-0.25, -0.2) is 4.39 Å². The molecule has 0 amide bonds. The van der Waals surface area contributed by atoms with Gasteiger partial charge in [0, 0.05) is 0 Å². The van der Waals surface area contributed by atoms with Gasteiger partial charge < -0.3 is 0 Å². The molecule has 0 fully saturated rings. The van der Waals surface area contributed by atoms with Gasteiger partial charge in [0.25, 0.3) is 0 Å². The van der Waals surface area contributed by atoms with Crippen molar-refractivity contribution in [3.05, 3.63) is 0 Å². The van der Waals surface area contributed by atoms with Crippen LogP contribution < -0.4 is 4.39 Å². The molecule has 56 valence electrons. The number of nitrogens with one attached hydrogen (secondary N) is 1. The molecule has 0 aromatic rings. The van der Waals surface area contributed by atoms with Crippen LogP contribution in [-0.4, -0.2) is 21.2 Å². The SMILES string of the molecule is C[Si](C)(C)NS(=O)(=O)O. The molecule has 0 rings (SSSR count). The molecule has 0 radical (unpaired) electrons. The molecule has 0 aliphatic heterocycles. The van der Waals surface area contributed by atoms with Gasteiger partial charge in [-0.3, -0.25) is 4.55 Å². The highest BCUT2D eigenvalue weighted by Crippen LogP contribution is 1.95. The predicted octanol–water partition coefficient (Wildman–Crippen LogP) is 0.214. The Bertz CT molecular complexity index is 180. The molecule has 2 N–H and O–H groups in total. The molecule has 0 aromatic heterocycles. The smallest absolute Gasteiger partial charge is 0.274 e. The van der Waals surface area contributed by atoms with Crippen molar-refractivity contribution in [2.24, 2.45) is 0 Å². The van der Waals surface area contributed by atoms with Gasteiger partial charge in [-0.1, -0.05) is 19.6 Å². The fraction of sp³-hybridized carbons (Fsp3) is 1.00. The minimum Gasteiger partial charge on any atom is -0.274 e. The van der Waals surface area contributed by atoms with Gasteiger partial charge in [0.1, 0.15) is 8.24 Å². The van der Waals surface area contributed by atoms with Crippen LogP contribution in [0.15, 0.2) is 0 Å². The van der Waals surface area contributed by atoms with E-state index in [9.17, 15) is 8.42 Å². The summed E-state index contributed by atoms with van der Waals surface area (Å²) in [6.45, 7) is 5.34. The predicted molar refractivity (Wildman–Crippen MR) is 38.0 cm³/mol. The zero-order chi connectivity index (χ0) is 7.71. The Hall–Kier alpha value is 0.0869. The molecule has 0 saturated carbocycles. The zero-order valence-corrected chi connectivity index (χ0v) is 7.49. The van der Waals surface area contributed by atoms with E-state index >= 15 is 0 Å². The largest absolute Gasteiger partial charge is 0.327 e. The first kappa shape index (κ1) is 9.09. The van der Waals surface area contributed by atoms with Crippen molar-refractivity contribution in [3.63, 3.8) is 0 Å². The van der Waals surface area contributed by atoms with Gasteiger partial charge in [0.2, 0.25) is 0 Å². The maximum Gasteiger partial charge on any atom is 0.327 e. The van der Waals surface area contributed by atoms with Crippen LogP contribution in [-0.2, 0) is 10.3 Å². The fourth-order valence-corrected chi connectivity index (χ4v) is 3.48. The maximum atomic E-state index is 10.1. The number of hydrogen-bond donors (Lipinski definition) is 2. The average Bonchev–Trinajstić information content (AvgIpc) is 1.14. The van der Waals surface area contributed by atoms with E-state index < -0.39 is 18.5 Å². The molecule has 0 bridgehead atoms. The summed E-state index contributed by atoms with van der Waals surface area (Å²) in [5.74, 6) is 0. The molecule has 0 saturated heterocycles. The molecule has 9 heavy (non-hydrogen) atoms. The number of rotatable bonds is 2. The Morgan fingerprint density at radius 2 is 1.67 bits per heavy atom. The molecule has 0 spiro atoms. The first-order valence-electron chi connectivity index (χ1n) is 2.47. The second kappa shape index (κ2) is 2.37. The second-order valence-corrected chi connectivity index (χ2v) is 9.09. The van der Waals surface area contributed by atoms with Crippen molar-refractivity contribution in [2.45, 2.75) is 19.6 Å². The van der Waals surface area contributed by atoms with E-state index in [0.717, 1.165) is 0 Å². The summed E-state index contributed by atoms with van der Waals surface area (Å²) in [4.78, 5) is 0. The monoisotopic (exact) mass is 169 g/mol. The van der Waals surface area contributed by atoms with Crippen LogP contribution in [0.3, 0.4) is 0 Å². The van der Waals surface area contributed by atoms with Crippen LogP contribution >= 0.6 is 0 Å². The summed E-state index contributed by atoms with van der Waals surface area (Å²) in [5.41, 5.74) is 0. The lowest BCUT2D eigenvalue weighted by Crippen LogP contribution is -2.44. The highest BCUT2D eigenvalue weighted by atomic mass is 32.2. The van der Waals surface area contributed by atoms with Crippen molar-refractivity contribution < 1.29 is 13.0 Å². The van der Waals surface area contributed by atoms with Gasteiger partial charge in [-0.2, -0.15) is 8.42 Å². The van der Waals surface area contributed by atoms with E-state index in [-0.39, 0.29) is 0 Å². The van der Waals surface area contributed by atoms with Gasteiger partial charge in [-0.05, 0) is 0 Å². The highest BCUT2D eigenvalue weighted by molar-refractivity contribution is 7.85. The number of hydrogen-bond acceptors (Lipinski definition) is 2. The standard InChI is InChI=1S/C3H11NO3SSi/c1-9(2,3)4-8(5,6)7/h4H,1-3H3,(H,5,6,7). The molecule has 0 aliphatic rings. The minimum atomic E-state index is -3.97. The summed E-state index contributed by atoms with van der Waals surface area (Å²) >= 11 is 0. The van der Waals surface area contributed by atoms with Crippen LogP contribution in [0.25, 0.3) is 0 Å². The van der Waals surface area contributed by atoms with Crippen molar-refractivity contribution in [1.29, 1.82) is 0 Å². The van der Waals surface area contributed by atoms with Crippen molar-refractivity contribution in [3.8, 4) is 0 Å². The zero-order valence-electron chi connectivity index (χ0n) is 5.67. The lowest BCUT2D eigenvalue weighted by Gasteiger charge is -2.13. The molecular formula is C3H11NO3SSi. The second-order valence-electron chi connectivity index (χ2n) is 2.83. The summed E-state index contributed by atoms with van der Waals surface area (Å²) in [6.07, 6.45) is 0. The molecule has 0 heterocycles. The van der Waals surface area contributed by atoms with E-state index in [1.54, 1.807) is 19.6 Å². The molecule has 0 aromatic carbocycles. The third-order valence-electron chi connectivity index (χ3n) is 0.435. The molecule has 6 heteroatoms. The fourth-order valence-electron chi connectivity index (χ4n) is 0.387. The lowest BCUT2D eigenvalue weighted by molar-refractivity contribution is 0.479. The molecule has 0 atom stereocenters. The topological polar surface area (TPSA) is 66.4 Å². The molecule has 0 aliphatic carbocycles. The highest BCUT2D eigenvalue weighted by Gasteiger charge is 2.19. The lowest BCUT2D eigenvalue weighted by atomic mass is 11.8. The van der Waals surface area contributed by atoms with Crippen molar-refractivity contribution in [2.75, 3.05) is 0 Å². The Kier molecular flexibility index (Phi) is 2.39. The van der Waals surface area contributed by atoms with E-state index in [4.69, 9.17) is 4.55 Å². The molecule has 0 unspecified atom stereocenters. The van der Waals surface area contributed by atoms with Gasteiger partial charge >= 0.3 is 10.3 Å². The van der Waals surface area contributed by atoms with Gasteiger partial charge in [-0.15, -0.1) is 0 Å². The first-order chi connectivity index (χ1) is 3.71. The van der Waals surface area contributed by atoms with Gasteiger partial charge in [0.05, 0.1) is 0 Å². The normalized spacial score (nSPS) is 13.8. The first-order valence-corrected chi connectivity index (χ1v) is 7.41. The third kappa shape index (κ3) is 8.09. The van der Waals surface area contributed by atoms with Crippen molar-refractivity contribution in [1.82, 2.24) is 4.39 Å². The summed E-state index contributed by atoms with van der Waals surface area (Å²) in [6, 6.07) is 0. The van der Waals surface area contributed by atoms with E-state index in [0.29, 0.717) is 0 Å². The summed E-state index contributed by atoms with van der Waals surface area (Å²) < 4.78 is 30.6. The minimum absolute atomic E-state index is 1.78. The third-order valence-corrected chi connectivity index (χ3v) is 3.92. The van der Waals surface area contributed by atoms with Crippen molar-refractivity contribution >= 4 is 18.5 Å². The molecular weight excluding hydrogens is 158 g/mol. The summed E-state index contributed by atoms with van der Waals surface area (Å²) in [7, 11) is -5.85. The average molecular weight is 169 g/mol. The molecule has 4 nitrogen and oxygen atoms in total. The summed E-state index contributed by atoms with van der Waals surface area (Å²) in [5, 5.41) is 0. The van der Waals surface area contributed by atoms with E-state index in [1.165, 1.54) is 0 Å². The van der Waals surface area contributed by atoms with Crippen LogP contribution in [0.1, 0.15) is 0 Å². The van der Waals surface area contributed by atoms with Gasteiger partial charge in [0.15, 0.2) is 0 Å². The quantitative estimate of drug-likeness (QED) is 0.459. The Morgan fingerprint density at radius 1 is 1.33 bits per heavy atom. The van der Waals surface area contributed by atoms with Crippen LogP contribution in [0.4, 0.5) is 0 Å². The van der Waals surface area contributed by atoms with E-state index in [1.807, 2.05) is 0 Å². The van der Waals surface area contributed by atoms with Crippen LogP contribution in [0.2, 0.25) is 19.6 Å². The maximum absolute atomic E-state index is 10.1. The Labute approximate surface area is 56.2 Å². The Morgan fingerprint density at radius 3 is 1.67 bits per heavy atom. The Balaban J connectivity index is 4.07. The van der Waals surface area contributed by atoms with Crippen LogP contribution in [0.5, 0.6) is 0 Å².